The summed E-state index contributed by atoms with van der Waals surface area (Å²) in [6, 6.07) is 6.67. The molecule has 2 rings (SSSR count). The fraction of sp³-hybridized carbons (Fsp3) is 0.500. The summed E-state index contributed by atoms with van der Waals surface area (Å²) in [6.07, 6.45) is 2.47. The molecular formula is C12H18S. The predicted molar refractivity (Wildman–Crippen MR) is 61.6 cm³/mol. The van der Waals surface area contributed by atoms with Crippen LogP contribution in [-0.4, -0.2) is 5.75 Å². The van der Waals surface area contributed by atoms with Gasteiger partial charge in [0.25, 0.3) is 0 Å². The fourth-order valence-electron chi connectivity index (χ4n) is 1.62. The van der Waals surface area contributed by atoms with Gasteiger partial charge in [-0.05, 0) is 30.0 Å². The Morgan fingerprint density at radius 2 is 2.08 bits per heavy atom. The molecule has 0 aliphatic carbocycles. The average Bonchev–Trinajstić information content (AvgIpc) is 2.68. The van der Waals surface area contributed by atoms with Crippen molar-refractivity contribution in [3.05, 3.63) is 29.3 Å². The Hall–Kier alpha value is -0.430. The van der Waals surface area contributed by atoms with Crippen molar-refractivity contribution in [2.45, 2.75) is 38.5 Å². The Morgan fingerprint density at radius 1 is 1.31 bits per heavy atom. The van der Waals surface area contributed by atoms with Gasteiger partial charge in [0.05, 0.1) is 0 Å². The van der Waals surface area contributed by atoms with Gasteiger partial charge in [-0.3, -0.25) is 0 Å². The third-order valence-corrected chi connectivity index (χ3v) is 3.32. The van der Waals surface area contributed by atoms with Gasteiger partial charge in [0.1, 0.15) is 0 Å². The van der Waals surface area contributed by atoms with Crippen LogP contribution in [0.5, 0.6) is 0 Å². The number of aryl methyl sites for hydroxylation is 1. The van der Waals surface area contributed by atoms with Crippen LogP contribution >= 0.6 is 11.8 Å². The molecule has 13 heavy (non-hydrogen) atoms. The zero-order chi connectivity index (χ0) is 9.68. The number of benzene rings is 1. The second-order valence-electron chi connectivity index (χ2n) is 2.85. The molecule has 0 spiro atoms. The lowest BCUT2D eigenvalue weighted by Crippen LogP contribution is -1.89. The van der Waals surface area contributed by atoms with E-state index in [1.165, 1.54) is 23.5 Å². The van der Waals surface area contributed by atoms with E-state index in [1.807, 2.05) is 25.6 Å². The first-order valence-electron chi connectivity index (χ1n) is 5.15. The topological polar surface area (TPSA) is 0 Å². The van der Waals surface area contributed by atoms with Crippen molar-refractivity contribution < 1.29 is 0 Å². The molecule has 0 bridgehead atoms. The van der Waals surface area contributed by atoms with Crippen LogP contribution in [0.25, 0.3) is 0 Å². The molecule has 1 aromatic carbocycles. The predicted octanol–water partition coefficient (Wildman–Crippen LogP) is 3.92. The van der Waals surface area contributed by atoms with Crippen LogP contribution in [-0.2, 0) is 12.8 Å². The molecule has 1 aliphatic rings. The Labute approximate surface area is 85.7 Å². The van der Waals surface area contributed by atoms with Gasteiger partial charge in [0.2, 0.25) is 0 Å². The third kappa shape index (κ3) is 2.28. The standard InChI is InChI=1S/C10H12S.C2H6/c1-2-8-4-3-5-10-9(8)6-7-11-10;1-2/h3-5H,2,6-7H2,1H3;1-2H3. The van der Waals surface area contributed by atoms with E-state index >= 15 is 0 Å². The average molecular weight is 194 g/mol. The van der Waals surface area contributed by atoms with Gasteiger partial charge >= 0.3 is 0 Å². The number of rotatable bonds is 1. The van der Waals surface area contributed by atoms with Gasteiger partial charge in [-0.25, -0.2) is 0 Å². The monoisotopic (exact) mass is 194 g/mol. The Kier molecular flexibility index (Phi) is 4.37. The molecule has 0 nitrogen and oxygen atoms in total. The largest absolute Gasteiger partial charge is 0.126 e. The summed E-state index contributed by atoms with van der Waals surface area (Å²) in [6.45, 7) is 6.23. The van der Waals surface area contributed by atoms with Gasteiger partial charge in [0, 0.05) is 10.6 Å². The van der Waals surface area contributed by atoms with Gasteiger partial charge in [-0.2, -0.15) is 0 Å². The minimum absolute atomic E-state index is 1.18. The maximum absolute atomic E-state index is 2.25. The van der Waals surface area contributed by atoms with E-state index in [0.29, 0.717) is 0 Å². The SMILES string of the molecule is CC.CCc1cccc2c1CCS2. The van der Waals surface area contributed by atoms with Gasteiger partial charge in [-0.15, -0.1) is 11.8 Å². The zero-order valence-electron chi connectivity index (χ0n) is 8.76. The maximum Gasteiger partial charge on any atom is 0.0107 e. The summed E-state index contributed by atoms with van der Waals surface area (Å²) in [7, 11) is 0. The summed E-state index contributed by atoms with van der Waals surface area (Å²) in [5, 5.41) is 0. The summed E-state index contributed by atoms with van der Waals surface area (Å²) in [5.74, 6) is 1.28. The molecule has 72 valence electrons. The van der Waals surface area contributed by atoms with E-state index in [2.05, 4.69) is 25.1 Å². The van der Waals surface area contributed by atoms with Gasteiger partial charge < -0.3 is 0 Å². The highest BCUT2D eigenvalue weighted by atomic mass is 32.2. The fourth-order valence-corrected chi connectivity index (χ4v) is 2.73. The highest BCUT2D eigenvalue weighted by Crippen LogP contribution is 2.33. The number of hydrogen-bond donors (Lipinski definition) is 0. The molecule has 1 aliphatic heterocycles. The van der Waals surface area contributed by atoms with Crippen molar-refractivity contribution in [1.82, 2.24) is 0 Å². The summed E-state index contributed by atoms with van der Waals surface area (Å²) >= 11 is 2.00. The van der Waals surface area contributed by atoms with Gasteiger partial charge in [0.15, 0.2) is 0 Å². The highest BCUT2D eigenvalue weighted by Gasteiger charge is 2.12. The van der Waals surface area contributed by atoms with Crippen LogP contribution in [0.1, 0.15) is 31.9 Å². The molecule has 0 amide bonds. The maximum atomic E-state index is 2.25. The first-order valence-corrected chi connectivity index (χ1v) is 6.14. The quantitative estimate of drug-likeness (QED) is 0.653. The van der Waals surface area contributed by atoms with E-state index in [1.54, 1.807) is 11.1 Å². The van der Waals surface area contributed by atoms with E-state index in [9.17, 15) is 0 Å². The first-order chi connectivity index (χ1) is 6.42. The second kappa shape index (κ2) is 5.33. The zero-order valence-corrected chi connectivity index (χ0v) is 9.58. The molecule has 1 aromatic rings. The van der Waals surface area contributed by atoms with Crippen molar-refractivity contribution in [3.8, 4) is 0 Å². The summed E-state index contributed by atoms with van der Waals surface area (Å²) in [4.78, 5) is 1.52. The van der Waals surface area contributed by atoms with Crippen molar-refractivity contribution >= 4 is 11.8 Å². The normalized spacial score (nSPS) is 13.2. The van der Waals surface area contributed by atoms with E-state index in [-0.39, 0.29) is 0 Å². The summed E-state index contributed by atoms with van der Waals surface area (Å²) < 4.78 is 0. The minimum Gasteiger partial charge on any atom is -0.126 e. The molecular weight excluding hydrogens is 176 g/mol. The van der Waals surface area contributed by atoms with E-state index in [4.69, 9.17) is 0 Å². The minimum atomic E-state index is 1.18. The molecule has 0 radical (unpaired) electrons. The lowest BCUT2D eigenvalue weighted by atomic mass is 10.0. The van der Waals surface area contributed by atoms with E-state index in [0.717, 1.165) is 0 Å². The van der Waals surface area contributed by atoms with Crippen LogP contribution in [0.2, 0.25) is 0 Å². The molecule has 0 saturated heterocycles. The van der Waals surface area contributed by atoms with Crippen LogP contribution in [0.4, 0.5) is 0 Å². The van der Waals surface area contributed by atoms with Crippen molar-refractivity contribution in [3.63, 3.8) is 0 Å². The van der Waals surface area contributed by atoms with Crippen molar-refractivity contribution in [2.24, 2.45) is 0 Å². The number of hydrogen-bond acceptors (Lipinski definition) is 1. The molecule has 0 N–H and O–H groups in total. The van der Waals surface area contributed by atoms with Crippen molar-refractivity contribution in [1.29, 1.82) is 0 Å². The van der Waals surface area contributed by atoms with Crippen LogP contribution in [0, 0.1) is 0 Å². The van der Waals surface area contributed by atoms with Gasteiger partial charge in [-0.1, -0.05) is 32.9 Å². The number of thioether (sulfide) groups is 1. The first kappa shape index (κ1) is 10.6. The van der Waals surface area contributed by atoms with E-state index < -0.39 is 0 Å². The molecule has 0 fully saturated rings. The molecule has 0 atom stereocenters. The highest BCUT2D eigenvalue weighted by molar-refractivity contribution is 7.99. The Morgan fingerprint density at radius 3 is 2.77 bits per heavy atom. The third-order valence-electron chi connectivity index (χ3n) is 2.22. The molecule has 1 heteroatoms. The Balaban J connectivity index is 0.000000396. The lowest BCUT2D eigenvalue weighted by molar-refractivity contribution is 1.03. The molecule has 0 saturated carbocycles. The molecule has 0 aromatic heterocycles. The molecule has 0 unspecified atom stereocenters. The smallest absolute Gasteiger partial charge is 0.0107 e. The second-order valence-corrected chi connectivity index (χ2v) is 3.98. The van der Waals surface area contributed by atoms with Crippen LogP contribution in [0.3, 0.4) is 0 Å². The molecule has 1 heterocycles. The number of fused-ring (bicyclic) bond motifs is 1. The van der Waals surface area contributed by atoms with Crippen molar-refractivity contribution in [2.75, 3.05) is 5.75 Å². The van der Waals surface area contributed by atoms with Crippen LogP contribution in [0.15, 0.2) is 23.1 Å². The summed E-state index contributed by atoms with van der Waals surface area (Å²) in [5.41, 5.74) is 3.16. The lowest BCUT2D eigenvalue weighted by Gasteiger charge is -2.03. The van der Waals surface area contributed by atoms with Crippen LogP contribution < -0.4 is 0 Å². The Bertz CT molecular complexity index is 266.